The van der Waals surface area contributed by atoms with Crippen LogP contribution in [0.2, 0.25) is 0 Å². The molecule has 0 bridgehead atoms. The molecule has 6 nitrogen and oxygen atoms in total. The van der Waals surface area contributed by atoms with Crippen molar-refractivity contribution in [2.24, 2.45) is 5.10 Å². The summed E-state index contributed by atoms with van der Waals surface area (Å²) in [6.45, 7) is 3.28. The van der Waals surface area contributed by atoms with Crippen LogP contribution in [0.15, 0.2) is 70.8 Å². The molecule has 0 fully saturated rings. The van der Waals surface area contributed by atoms with Gasteiger partial charge in [0.25, 0.3) is 0 Å². The number of hydrazone groups is 1. The third kappa shape index (κ3) is 4.06. The fourth-order valence-corrected chi connectivity index (χ4v) is 3.65. The largest absolute Gasteiger partial charge is 0.261 e. The predicted octanol–water partition coefficient (Wildman–Crippen LogP) is 3.64. The number of para-hydroxylation sites is 1. The molecule has 0 saturated heterocycles. The van der Waals surface area contributed by atoms with Gasteiger partial charge < -0.3 is 0 Å². The Balaban J connectivity index is 1.91. The fraction of sp³-hybridized carbons (Fsp3) is 0.158. The number of nitrogens with zero attached hydrogens (tertiary/aromatic N) is 3. The fourth-order valence-electron chi connectivity index (χ4n) is 2.43. The Morgan fingerprint density at radius 1 is 1.11 bits per heavy atom. The van der Waals surface area contributed by atoms with Crippen LogP contribution in [0.4, 0.5) is 10.2 Å². The minimum atomic E-state index is -3.48. The van der Waals surface area contributed by atoms with Crippen molar-refractivity contribution in [1.29, 1.82) is 0 Å². The summed E-state index contributed by atoms with van der Waals surface area (Å²) in [6, 6.07) is 14.3. The van der Waals surface area contributed by atoms with Crippen molar-refractivity contribution >= 4 is 21.9 Å². The van der Waals surface area contributed by atoms with Gasteiger partial charge in [0.1, 0.15) is 11.6 Å². The molecule has 8 heteroatoms. The summed E-state index contributed by atoms with van der Waals surface area (Å²) in [5, 5.41) is 7.79. The van der Waals surface area contributed by atoms with E-state index in [2.05, 4.69) is 15.6 Å². The maximum atomic E-state index is 12.9. The van der Waals surface area contributed by atoms with Gasteiger partial charge in [0.05, 0.1) is 28.2 Å². The minimum Gasteiger partial charge on any atom is -0.261 e. The number of hydrogen-bond acceptors (Lipinski definition) is 5. The average Bonchev–Trinajstić information content (AvgIpc) is 3.11. The van der Waals surface area contributed by atoms with E-state index < -0.39 is 15.1 Å². The lowest BCUT2D eigenvalue weighted by Gasteiger charge is -2.14. The normalized spacial score (nSPS) is 12.0. The summed E-state index contributed by atoms with van der Waals surface area (Å²) in [5.41, 5.74) is 4.00. The number of sulfone groups is 1. The third-order valence-corrected chi connectivity index (χ3v) is 6.13. The summed E-state index contributed by atoms with van der Waals surface area (Å²) in [6.07, 6.45) is 3.09. The Labute approximate surface area is 157 Å². The summed E-state index contributed by atoms with van der Waals surface area (Å²) < 4.78 is 39.8. The monoisotopic (exact) mass is 386 g/mol. The van der Waals surface area contributed by atoms with Crippen LogP contribution < -0.4 is 5.43 Å². The first-order valence-electron chi connectivity index (χ1n) is 8.31. The highest BCUT2D eigenvalue weighted by molar-refractivity contribution is 7.92. The molecule has 0 amide bonds. The molecule has 2 aromatic carbocycles. The molecule has 3 aromatic rings. The SMILES string of the molecule is CC(C)S(=O)(=O)c1ccccc1-n1nccc1N/N=C/c1ccc(F)cc1. The molecular formula is C19H19FN4O2S. The number of benzene rings is 2. The average molecular weight is 386 g/mol. The number of rotatable bonds is 6. The lowest BCUT2D eigenvalue weighted by molar-refractivity contribution is 0.586. The lowest BCUT2D eigenvalue weighted by atomic mass is 10.2. The van der Waals surface area contributed by atoms with Crippen LogP contribution in [0.25, 0.3) is 5.69 Å². The van der Waals surface area contributed by atoms with Gasteiger partial charge in [0.2, 0.25) is 0 Å². The van der Waals surface area contributed by atoms with Crippen LogP contribution in [0.1, 0.15) is 19.4 Å². The van der Waals surface area contributed by atoms with E-state index in [4.69, 9.17) is 0 Å². The van der Waals surface area contributed by atoms with Crippen LogP contribution >= 0.6 is 0 Å². The third-order valence-electron chi connectivity index (χ3n) is 3.93. The number of nitrogens with one attached hydrogen (secondary N) is 1. The topological polar surface area (TPSA) is 76.3 Å². The summed E-state index contributed by atoms with van der Waals surface area (Å²) in [7, 11) is -3.48. The lowest BCUT2D eigenvalue weighted by Crippen LogP contribution is -2.17. The zero-order valence-corrected chi connectivity index (χ0v) is 15.7. The number of aromatic nitrogens is 2. The van der Waals surface area contributed by atoms with E-state index in [0.29, 0.717) is 11.5 Å². The van der Waals surface area contributed by atoms with Crippen molar-refractivity contribution in [3.63, 3.8) is 0 Å². The van der Waals surface area contributed by atoms with E-state index >= 15 is 0 Å². The second-order valence-electron chi connectivity index (χ2n) is 6.11. The van der Waals surface area contributed by atoms with Gasteiger partial charge in [-0.3, -0.25) is 5.43 Å². The van der Waals surface area contributed by atoms with Crippen LogP contribution in [0.5, 0.6) is 0 Å². The Morgan fingerprint density at radius 3 is 2.52 bits per heavy atom. The molecule has 0 aliphatic heterocycles. The van der Waals surface area contributed by atoms with Gasteiger partial charge in [0.15, 0.2) is 9.84 Å². The molecule has 1 N–H and O–H groups in total. The Hall–Kier alpha value is -3.00. The molecule has 3 rings (SSSR count). The van der Waals surface area contributed by atoms with Gasteiger partial charge in [-0.2, -0.15) is 10.2 Å². The molecule has 1 heterocycles. The van der Waals surface area contributed by atoms with Crippen molar-refractivity contribution in [2.75, 3.05) is 5.43 Å². The Kier molecular flexibility index (Phi) is 5.36. The molecule has 1 aromatic heterocycles. The standard InChI is InChI=1S/C19H19FN4O2S/c1-14(2)27(25,26)18-6-4-3-5-17(18)24-19(11-12-22-24)23-21-13-15-7-9-16(20)10-8-15/h3-14,23H,1-2H3/b21-13+. The van der Waals surface area contributed by atoms with Gasteiger partial charge in [-0.15, -0.1) is 0 Å². The summed E-state index contributed by atoms with van der Waals surface area (Å²) >= 11 is 0. The second-order valence-corrected chi connectivity index (χ2v) is 8.58. The zero-order valence-electron chi connectivity index (χ0n) is 14.9. The Morgan fingerprint density at radius 2 is 1.81 bits per heavy atom. The molecule has 0 unspecified atom stereocenters. The van der Waals surface area contributed by atoms with E-state index in [-0.39, 0.29) is 10.7 Å². The first-order valence-corrected chi connectivity index (χ1v) is 9.86. The van der Waals surface area contributed by atoms with E-state index in [1.165, 1.54) is 23.0 Å². The summed E-state index contributed by atoms with van der Waals surface area (Å²) in [5.74, 6) is 0.181. The van der Waals surface area contributed by atoms with E-state index in [9.17, 15) is 12.8 Å². The number of hydrogen-bond donors (Lipinski definition) is 1. The molecule has 0 atom stereocenters. The van der Waals surface area contributed by atoms with Crippen molar-refractivity contribution in [2.45, 2.75) is 24.0 Å². The predicted molar refractivity (Wildman–Crippen MR) is 104 cm³/mol. The van der Waals surface area contributed by atoms with Gasteiger partial charge in [-0.05, 0) is 43.7 Å². The molecule has 0 aliphatic carbocycles. The van der Waals surface area contributed by atoms with Crippen LogP contribution in [0.3, 0.4) is 0 Å². The Bertz CT molecular complexity index is 1060. The number of halogens is 1. The highest BCUT2D eigenvalue weighted by atomic mass is 32.2. The quantitative estimate of drug-likeness (QED) is 0.518. The van der Waals surface area contributed by atoms with Crippen molar-refractivity contribution in [3.05, 3.63) is 72.2 Å². The van der Waals surface area contributed by atoms with Crippen molar-refractivity contribution in [1.82, 2.24) is 9.78 Å². The first-order chi connectivity index (χ1) is 12.9. The molecule has 0 radical (unpaired) electrons. The van der Waals surface area contributed by atoms with Crippen molar-refractivity contribution < 1.29 is 12.8 Å². The minimum absolute atomic E-state index is 0.203. The molecular weight excluding hydrogens is 367 g/mol. The van der Waals surface area contributed by atoms with Crippen LogP contribution in [-0.4, -0.2) is 29.7 Å². The molecule has 140 valence electrons. The van der Waals surface area contributed by atoms with Gasteiger partial charge in [-0.25, -0.2) is 17.5 Å². The van der Waals surface area contributed by atoms with E-state index in [1.807, 2.05) is 0 Å². The molecule has 27 heavy (non-hydrogen) atoms. The smallest absolute Gasteiger partial charge is 0.182 e. The summed E-state index contributed by atoms with van der Waals surface area (Å²) in [4.78, 5) is 0.203. The highest BCUT2D eigenvalue weighted by Gasteiger charge is 2.24. The van der Waals surface area contributed by atoms with E-state index in [0.717, 1.165) is 5.56 Å². The van der Waals surface area contributed by atoms with E-state index in [1.54, 1.807) is 62.5 Å². The second kappa shape index (κ2) is 7.71. The van der Waals surface area contributed by atoms with Crippen molar-refractivity contribution in [3.8, 4) is 5.69 Å². The maximum absolute atomic E-state index is 12.9. The molecule has 0 aliphatic rings. The number of anilines is 1. The molecule has 0 spiro atoms. The maximum Gasteiger partial charge on any atom is 0.182 e. The first kappa shape index (κ1) is 18.8. The highest BCUT2D eigenvalue weighted by Crippen LogP contribution is 2.25. The molecule has 0 saturated carbocycles. The van der Waals surface area contributed by atoms with Gasteiger partial charge in [0, 0.05) is 6.07 Å². The van der Waals surface area contributed by atoms with Crippen LogP contribution in [0, 0.1) is 5.82 Å². The zero-order chi connectivity index (χ0) is 19.4. The van der Waals surface area contributed by atoms with Gasteiger partial charge >= 0.3 is 0 Å². The van der Waals surface area contributed by atoms with Crippen LogP contribution in [-0.2, 0) is 9.84 Å². The van der Waals surface area contributed by atoms with Gasteiger partial charge in [-0.1, -0.05) is 24.3 Å².